The van der Waals surface area contributed by atoms with E-state index in [4.69, 9.17) is 0 Å². The van der Waals surface area contributed by atoms with Crippen LogP contribution in [0.1, 0.15) is 52.9 Å². The number of aliphatic carboxylic acids is 1. The standard InChI is InChI=1S/C16H28N2O3/c1-11-9-12(2)13(3)18(10-11)16(21)17-8-6-4-5-7-14(17)15(19)20/h11-14H,4-10H2,1-3H3,(H,19,20). The number of nitrogens with zero attached hydrogens (tertiary/aromatic N) is 2. The lowest BCUT2D eigenvalue weighted by molar-refractivity contribution is -0.142. The highest BCUT2D eigenvalue weighted by Gasteiger charge is 2.38. The summed E-state index contributed by atoms with van der Waals surface area (Å²) in [5.41, 5.74) is 0. The fourth-order valence-electron chi connectivity index (χ4n) is 3.73. The number of carboxylic acids is 1. The van der Waals surface area contributed by atoms with Crippen LogP contribution in [0.25, 0.3) is 0 Å². The SMILES string of the molecule is CC1CC(C)C(C)N(C(=O)N2CCCCCC2C(=O)O)C1. The van der Waals surface area contributed by atoms with Crippen molar-refractivity contribution in [2.45, 2.75) is 65.0 Å². The Labute approximate surface area is 127 Å². The largest absolute Gasteiger partial charge is 0.480 e. The van der Waals surface area contributed by atoms with Gasteiger partial charge < -0.3 is 14.9 Å². The van der Waals surface area contributed by atoms with E-state index in [9.17, 15) is 14.7 Å². The Balaban J connectivity index is 2.17. The van der Waals surface area contributed by atoms with Crippen molar-refractivity contribution in [3.63, 3.8) is 0 Å². The molecule has 0 aromatic heterocycles. The molecule has 0 spiro atoms. The van der Waals surface area contributed by atoms with Gasteiger partial charge >= 0.3 is 12.0 Å². The molecule has 0 saturated carbocycles. The van der Waals surface area contributed by atoms with Gasteiger partial charge in [-0.2, -0.15) is 0 Å². The van der Waals surface area contributed by atoms with E-state index in [1.807, 2.05) is 4.90 Å². The second-order valence-corrected chi connectivity index (χ2v) is 6.89. The zero-order valence-corrected chi connectivity index (χ0v) is 13.4. The lowest BCUT2D eigenvalue weighted by Gasteiger charge is -2.44. The number of rotatable bonds is 1. The molecule has 2 rings (SSSR count). The number of amides is 2. The molecule has 0 aromatic rings. The molecule has 21 heavy (non-hydrogen) atoms. The zero-order chi connectivity index (χ0) is 15.6. The van der Waals surface area contributed by atoms with Crippen LogP contribution in [-0.2, 0) is 4.79 Å². The molecule has 0 aliphatic carbocycles. The first-order valence-corrected chi connectivity index (χ1v) is 8.21. The van der Waals surface area contributed by atoms with Crippen LogP contribution >= 0.6 is 0 Å². The first-order valence-electron chi connectivity index (χ1n) is 8.21. The van der Waals surface area contributed by atoms with Gasteiger partial charge in [-0.1, -0.05) is 26.7 Å². The fraction of sp³-hybridized carbons (Fsp3) is 0.875. The molecule has 2 amide bonds. The molecule has 0 bridgehead atoms. The van der Waals surface area contributed by atoms with E-state index in [1.54, 1.807) is 4.90 Å². The molecule has 0 aromatic carbocycles. The van der Waals surface area contributed by atoms with Crippen molar-refractivity contribution in [3.05, 3.63) is 0 Å². The van der Waals surface area contributed by atoms with Gasteiger partial charge in [0.1, 0.15) is 6.04 Å². The molecular weight excluding hydrogens is 268 g/mol. The van der Waals surface area contributed by atoms with Crippen molar-refractivity contribution in [2.24, 2.45) is 11.8 Å². The Kier molecular flexibility index (Phi) is 5.12. The Morgan fingerprint density at radius 2 is 1.76 bits per heavy atom. The molecule has 5 heteroatoms. The minimum Gasteiger partial charge on any atom is -0.480 e. The van der Waals surface area contributed by atoms with Crippen molar-refractivity contribution in [3.8, 4) is 0 Å². The average Bonchev–Trinajstić information content (AvgIpc) is 2.67. The Hall–Kier alpha value is -1.26. The number of urea groups is 1. The van der Waals surface area contributed by atoms with Gasteiger partial charge in [0.2, 0.25) is 0 Å². The van der Waals surface area contributed by atoms with E-state index in [1.165, 1.54) is 0 Å². The molecule has 2 saturated heterocycles. The number of carbonyl (C=O) groups is 2. The summed E-state index contributed by atoms with van der Waals surface area (Å²) in [4.78, 5) is 27.9. The van der Waals surface area contributed by atoms with Crippen LogP contribution in [0.15, 0.2) is 0 Å². The molecule has 0 radical (unpaired) electrons. The third kappa shape index (κ3) is 3.50. The molecule has 2 aliphatic heterocycles. The number of carbonyl (C=O) groups excluding carboxylic acids is 1. The van der Waals surface area contributed by atoms with Gasteiger partial charge in [-0.3, -0.25) is 0 Å². The predicted octanol–water partition coefficient (Wildman–Crippen LogP) is 2.80. The van der Waals surface area contributed by atoms with Gasteiger partial charge in [0.05, 0.1) is 0 Å². The summed E-state index contributed by atoms with van der Waals surface area (Å²) in [6.45, 7) is 7.74. The Morgan fingerprint density at radius 3 is 2.43 bits per heavy atom. The smallest absolute Gasteiger partial charge is 0.326 e. The van der Waals surface area contributed by atoms with Crippen LogP contribution in [0.5, 0.6) is 0 Å². The van der Waals surface area contributed by atoms with Crippen molar-refractivity contribution >= 4 is 12.0 Å². The third-order valence-electron chi connectivity index (χ3n) is 5.13. The topological polar surface area (TPSA) is 60.9 Å². The summed E-state index contributed by atoms with van der Waals surface area (Å²) < 4.78 is 0. The van der Waals surface area contributed by atoms with Gasteiger partial charge in [0.25, 0.3) is 0 Å². The Morgan fingerprint density at radius 1 is 1.05 bits per heavy atom. The maximum atomic E-state index is 12.9. The van der Waals surface area contributed by atoms with Crippen LogP contribution in [0.2, 0.25) is 0 Å². The first kappa shape index (κ1) is 16.1. The predicted molar refractivity (Wildman–Crippen MR) is 81.1 cm³/mol. The maximum absolute atomic E-state index is 12.9. The van der Waals surface area contributed by atoms with E-state index in [0.29, 0.717) is 24.8 Å². The quantitative estimate of drug-likeness (QED) is 0.809. The maximum Gasteiger partial charge on any atom is 0.326 e. The lowest BCUT2D eigenvalue weighted by atomic mass is 9.86. The summed E-state index contributed by atoms with van der Waals surface area (Å²) in [6, 6.07) is -0.540. The Bertz CT molecular complexity index is 399. The molecule has 4 unspecified atom stereocenters. The average molecular weight is 296 g/mol. The van der Waals surface area contributed by atoms with Crippen LogP contribution < -0.4 is 0 Å². The van der Waals surface area contributed by atoms with E-state index in [2.05, 4.69) is 20.8 Å². The summed E-state index contributed by atoms with van der Waals surface area (Å²) in [6.07, 6.45) is 4.52. The van der Waals surface area contributed by atoms with Crippen LogP contribution in [0, 0.1) is 11.8 Å². The second-order valence-electron chi connectivity index (χ2n) is 6.89. The van der Waals surface area contributed by atoms with Gasteiger partial charge in [-0.25, -0.2) is 9.59 Å². The summed E-state index contributed by atoms with van der Waals surface area (Å²) in [5.74, 6) is 0.0828. The number of likely N-dealkylation sites (tertiary alicyclic amines) is 2. The highest BCUT2D eigenvalue weighted by atomic mass is 16.4. The molecule has 2 heterocycles. The van der Waals surface area contributed by atoms with E-state index in [0.717, 1.165) is 32.2 Å². The zero-order valence-electron chi connectivity index (χ0n) is 13.4. The highest BCUT2D eigenvalue weighted by molar-refractivity contribution is 5.83. The molecular formula is C16H28N2O3. The number of carboxylic acid groups (broad SMARTS) is 1. The van der Waals surface area contributed by atoms with Crippen LogP contribution in [-0.4, -0.2) is 52.1 Å². The van der Waals surface area contributed by atoms with Gasteiger partial charge in [0, 0.05) is 19.1 Å². The minimum atomic E-state index is -0.865. The molecule has 1 N–H and O–H groups in total. The number of hydrogen-bond donors (Lipinski definition) is 1. The van der Waals surface area contributed by atoms with Crippen molar-refractivity contribution in [2.75, 3.05) is 13.1 Å². The summed E-state index contributed by atoms with van der Waals surface area (Å²) in [7, 11) is 0. The minimum absolute atomic E-state index is 0.0739. The third-order valence-corrected chi connectivity index (χ3v) is 5.13. The monoisotopic (exact) mass is 296 g/mol. The van der Waals surface area contributed by atoms with Crippen molar-refractivity contribution < 1.29 is 14.7 Å². The van der Waals surface area contributed by atoms with Gasteiger partial charge in [0.15, 0.2) is 0 Å². The highest BCUT2D eigenvalue weighted by Crippen LogP contribution is 2.29. The molecule has 4 atom stereocenters. The summed E-state index contributed by atoms with van der Waals surface area (Å²) in [5, 5.41) is 9.44. The molecule has 120 valence electrons. The second kappa shape index (κ2) is 6.67. The molecule has 2 fully saturated rings. The van der Waals surface area contributed by atoms with Crippen LogP contribution in [0.4, 0.5) is 4.79 Å². The first-order chi connectivity index (χ1) is 9.91. The summed E-state index contributed by atoms with van der Waals surface area (Å²) >= 11 is 0. The van der Waals surface area contributed by atoms with E-state index < -0.39 is 12.0 Å². The van der Waals surface area contributed by atoms with E-state index >= 15 is 0 Å². The van der Waals surface area contributed by atoms with Crippen molar-refractivity contribution in [1.29, 1.82) is 0 Å². The van der Waals surface area contributed by atoms with E-state index in [-0.39, 0.29) is 12.1 Å². The van der Waals surface area contributed by atoms with Crippen LogP contribution in [0.3, 0.4) is 0 Å². The normalized spacial score (nSPS) is 34.4. The fourth-order valence-corrected chi connectivity index (χ4v) is 3.73. The molecule has 2 aliphatic rings. The lowest BCUT2D eigenvalue weighted by Crippen LogP contribution is -2.57. The number of hydrogen-bond acceptors (Lipinski definition) is 2. The van der Waals surface area contributed by atoms with Gasteiger partial charge in [-0.05, 0) is 38.0 Å². The van der Waals surface area contributed by atoms with Crippen molar-refractivity contribution in [1.82, 2.24) is 9.80 Å². The molecule has 5 nitrogen and oxygen atoms in total. The number of piperidine rings is 1. The van der Waals surface area contributed by atoms with Gasteiger partial charge in [-0.15, -0.1) is 0 Å².